The van der Waals surface area contributed by atoms with Crippen molar-refractivity contribution < 1.29 is 4.74 Å². The summed E-state index contributed by atoms with van der Waals surface area (Å²) in [6.45, 7) is 7.40. The lowest BCUT2D eigenvalue weighted by atomic mass is 10.1. The molecule has 0 saturated carbocycles. The lowest BCUT2D eigenvalue weighted by molar-refractivity contribution is 0.302. The van der Waals surface area contributed by atoms with E-state index in [1.54, 1.807) is 11.8 Å². The molecule has 0 aliphatic rings. The Morgan fingerprint density at radius 3 is 2.32 bits per heavy atom. The molecule has 2 heteroatoms. The van der Waals surface area contributed by atoms with E-state index in [4.69, 9.17) is 4.74 Å². The maximum atomic E-state index is 5.91. The summed E-state index contributed by atoms with van der Waals surface area (Å²) in [5, 5.41) is 0. The number of hydrogen-bond acceptors (Lipinski definition) is 2. The van der Waals surface area contributed by atoms with E-state index < -0.39 is 0 Å². The Morgan fingerprint density at radius 2 is 1.63 bits per heavy atom. The van der Waals surface area contributed by atoms with Gasteiger partial charge in [0.25, 0.3) is 0 Å². The number of hydrogen-bond donors (Lipinski definition) is 0. The maximum absolute atomic E-state index is 5.91. The molecule has 0 fully saturated rings. The van der Waals surface area contributed by atoms with Crippen molar-refractivity contribution in [3.8, 4) is 5.75 Å². The lowest BCUT2D eigenvalue weighted by Crippen LogP contribution is -1.99. The molecule has 0 aromatic heterocycles. The molecule has 1 aromatic carbocycles. The average molecular weight is 280 g/mol. The Morgan fingerprint density at radius 1 is 0.947 bits per heavy atom. The van der Waals surface area contributed by atoms with Crippen LogP contribution in [0, 0.1) is 13.8 Å². The van der Waals surface area contributed by atoms with Crippen molar-refractivity contribution in [3.05, 3.63) is 23.3 Å². The minimum atomic E-state index is 0.852. The van der Waals surface area contributed by atoms with Crippen LogP contribution < -0.4 is 4.74 Å². The number of ether oxygens (including phenoxy) is 1. The van der Waals surface area contributed by atoms with Crippen LogP contribution in [0.2, 0.25) is 0 Å². The fourth-order valence-corrected chi connectivity index (χ4v) is 2.88. The van der Waals surface area contributed by atoms with Crippen molar-refractivity contribution in [1.29, 1.82) is 0 Å². The highest BCUT2D eigenvalue weighted by Crippen LogP contribution is 2.28. The highest BCUT2D eigenvalue weighted by Gasteiger charge is 2.04. The van der Waals surface area contributed by atoms with Crippen molar-refractivity contribution >= 4 is 11.8 Å². The zero-order valence-electron chi connectivity index (χ0n) is 12.9. The molecule has 1 aromatic rings. The number of thioether (sulfide) groups is 1. The fraction of sp³-hybridized carbons (Fsp3) is 0.647. The van der Waals surface area contributed by atoms with Gasteiger partial charge in [0.05, 0.1) is 6.61 Å². The van der Waals surface area contributed by atoms with Gasteiger partial charge < -0.3 is 4.74 Å². The summed E-state index contributed by atoms with van der Waals surface area (Å²) < 4.78 is 5.91. The monoisotopic (exact) mass is 280 g/mol. The Bertz CT molecular complexity index is 374. The molecule has 0 spiro atoms. The minimum absolute atomic E-state index is 0.852. The summed E-state index contributed by atoms with van der Waals surface area (Å²) in [5.74, 6) is 1.06. The van der Waals surface area contributed by atoms with E-state index in [0.717, 1.165) is 12.4 Å². The van der Waals surface area contributed by atoms with Crippen molar-refractivity contribution in [3.63, 3.8) is 0 Å². The van der Waals surface area contributed by atoms with Gasteiger partial charge in [-0.15, -0.1) is 11.8 Å². The van der Waals surface area contributed by atoms with E-state index in [1.807, 2.05) is 0 Å². The summed E-state index contributed by atoms with van der Waals surface area (Å²) in [6, 6.07) is 4.41. The molecule has 0 bridgehead atoms. The van der Waals surface area contributed by atoms with Crippen molar-refractivity contribution in [2.45, 2.75) is 64.2 Å². The average Bonchev–Trinajstić information content (AvgIpc) is 2.41. The lowest BCUT2D eigenvalue weighted by Gasteiger charge is -2.12. The largest absolute Gasteiger partial charge is 0.493 e. The molecule has 0 aliphatic carbocycles. The molecule has 0 N–H and O–H groups in total. The third-order valence-corrected chi connectivity index (χ3v) is 4.33. The molecule has 19 heavy (non-hydrogen) atoms. The van der Waals surface area contributed by atoms with Gasteiger partial charge in [-0.1, -0.05) is 39.0 Å². The van der Waals surface area contributed by atoms with Crippen molar-refractivity contribution in [1.82, 2.24) is 0 Å². The summed E-state index contributed by atoms with van der Waals surface area (Å²) in [5.41, 5.74) is 2.57. The first kappa shape index (κ1) is 16.4. The van der Waals surface area contributed by atoms with E-state index in [0.29, 0.717) is 0 Å². The van der Waals surface area contributed by atoms with E-state index in [9.17, 15) is 0 Å². The summed E-state index contributed by atoms with van der Waals surface area (Å²) >= 11 is 1.80. The highest BCUT2D eigenvalue weighted by atomic mass is 32.2. The Kier molecular flexibility index (Phi) is 8.04. The second-order valence-electron chi connectivity index (χ2n) is 5.20. The van der Waals surface area contributed by atoms with E-state index in [2.05, 4.69) is 39.2 Å². The topological polar surface area (TPSA) is 9.23 Å². The summed E-state index contributed by atoms with van der Waals surface area (Å²) in [6.07, 6.45) is 10.00. The SMILES string of the molecule is CCCCCCCCOc1cc(C)c(SC)cc1C. The Balaban J connectivity index is 2.31. The van der Waals surface area contributed by atoms with Crippen LogP contribution in [0.5, 0.6) is 5.75 Å². The molecule has 0 radical (unpaired) electrons. The van der Waals surface area contributed by atoms with Gasteiger partial charge in [-0.25, -0.2) is 0 Å². The Labute approximate surface area is 123 Å². The van der Waals surface area contributed by atoms with Crippen molar-refractivity contribution in [2.24, 2.45) is 0 Å². The van der Waals surface area contributed by atoms with E-state index in [1.165, 1.54) is 54.5 Å². The minimum Gasteiger partial charge on any atom is -0.493 e. The molecule has 0 atom stereocenters. The van der Waals surface area contributed by atoms with E-state index >= 15 is 0 Å². The van der Waals surface area contributed by atoms with Crippen molar-refractivity contribution in [2.75, 3.05) is 12.9 Å². The summed E-state index contributed by atoms with van der Waals surface area (Å²) in [4.78, 5) is 1.35. The quantitative estimate of drug-likeness (QED) is 0.420. The molecule has 0 heterocycles. The van der Waals surface area contributed by atoms with Gasteiger partial charge in [0.2, 0.25) is 0 Å². The maximum Gasteiger partial charge on any atom is 0.122 e. The zero-order valence-corrected chi connectivity index (χ0v) is 13.7. The van der Waals surface area contributed by atoms with Gasteiger partial charge in [0, 0.05) is 4.90 Å². The number of benzene rings is 1. The smallest absolute Gasteiger partial charge is 0.122 e. The molecule has 0 unspecified atom stereocenters. The number of unbranched alkanes of at least 4 members (excludes halogenated alkanes) is 5. The van der Waals surface area contributed by atoms with Crippen LogP contribution in [0.15, 0.2) is 17.0 Å². The van der Waals surface area contributed by atoms with Gasteiger partial charge in [-0.05, 0) is 49.8 Å². The molecular weight excluding hydrogens is 252 g/mol. The van der Waals surface area contributed by atoms with Gasteiger partial charge in [0.1, 0.15) is 5.75 Å². The molecule has 0 aliphatic heterocycles. The van der Waals surface area contributed by atoms with Crippen LogP contribution >= 0.6 is 11.8 Å². The molecule has 0 saturated heterocycles. The van der Waals surface area contributed by atoms with Crippen LogP contribution in [0.25, 0.3) is 0 Å². The van der Waals surface area contributed by atoms with Crippen LogP contribution in [0.1, 0.15) is 56.6 Å². The summed E-state index contributed by atoms with van der Waals surface area (Å²) in [7, 11) is 0. The van der Waals surface area contributed by atoms with Crippen LogP contribution in [-0.2, 0) is 0 Å². The second-order valence-corrected chi connectivity index (χ2v) is 6.05. The van der Waals surface area contributed by atoms with Crippen LogP contribution in [-0.4, -0.2) is 12.9 Å². The van der Waals surface area contributed by atoms with Gasteiger partial charge in [0.15, 0.2) is 0 Å². The predicted octanol–water partition coefficient (Wildman–Crippen LogP) is 5.76. The number of rotatable bonds is 9. The first-order valence-corrected chi connectivity index (χ1v) is 8.69. The van der Waals surface area contributed by atoms with Gasteiger partial charge >= 0.3 is 0 Å². The first-order chi connectivity index (χ1) is 9.19. The molecule has 1 rings (SSSR count). The molecule has 108 valence electrons. The zero-order chi connectivity index (χ0) is 14.1. The highest BCUT2D eigenvalue weighted by molar-refractivity contribution is 7.98. The Hall–Kier alpha value is -0.630. The van der Waals surface area contributed by atoms with Crippen LogP contribution in [0.4, 0.5) is 0 Å². The third-order valence-electron chi connectivity index (χ3n) is 3.45. The standard InChI is InChI=1S/C17H28OS/c1-5-6-7-8-9-10-11-18-16-12-15(3)17(19-4)13-14(16)2/h12-13H,5-11H2,1-4H3. The number of aryl methyl sites for hydroxylation is 2. The fourth-order valence-electron chi connectivity index (χ4n) is 2.20. The molecule has 0 amide bonds. The second kappa shape index (κ2) is 9.30. The van der Waals surface area contributed by atoms with E-state index in [-0.39, 0.29) is 0 Å². The van der Waals surface area contributed by atoms with Gasteiger partial charge in [-0.2, -0.15) is 0 Å². The predicted molar refractivity (Wildman–Crippen MR) is 86.6 cm³/mol. The normalized spacial score (nSPS) is 10.7. The van der Waals surface area contributed by atoms with Gasteiger partial charge in [-0.3, -0.25) is 0 Å². The first-order valence-electron chi connectivity index (χ1n) is 7.47. The molecular formula is C17H28OS. The third kappa shape index (κ3) is 5.90. The molecule has 1 nitrogen and oxygen atoms in total. The van der Waals surface area contributed by atoms with Crippen LogP contribution in [0.3, 0.4) is 0 Å².